The number of ether oxygens (including phenoxy) is 1. The highest BCUT2D eigenvalue weighted by Gasteiger charge is 2.20. The van der Waals surface area contributed by atoms with Gasteiger partial charge in [0.05, 0.1) is 25.3 Å². The Hall–Kier alpha value is -3.18. The predicted octanol–water partition coefficient (Wildman–Crippen LogP) is 3.08. The fraction of sp³-hybridized carbons (Fsp3) is 0.286. The second kappa shape index (κ2) is 11.4. The summed E-state index contributed by atoms with van der Waals surface area (Å²) in [6.45, 7) is 6.09. The van der Waals surface area contributed by atoms with Crippen LogP contribution in [0.15, 0.2) is 53.7 Å². The molecule has 0 unspecified atom stereocenters. The topological polar surface area (TPSA) is 111 Å². The number of hydrogen-bond acceptors (Lipinski definition) is 8. The predicted molar refractivity (Wildman–Crippen MR) is 125 cm³/mol. The van der Waals surface area contributed by atoms with Gasteiger partial charge in [-0.05, 0) is 24.6 Å². The molecule has 11 heteroatoms. The van der Waals surface area contributed by atoms with E-state index >= 15 is 0 Å². The number of allylic oxidation sites excluding steroid dienone is 1. The maximum absolute atomic E-state index is 12.5. The van der Waals surface area contributed by atoms with Gasteiger partial charge in [0, 0.05) is 18.1 Å². The zero-order chi connectivity index (χ0) is 22.9. The van der Waals surface area contributed by atoms with E-state index in [2.05, 4.69) is 32.4 Å². The van der Waals surface area contributed by atoms with Crippen LogP contribution in [0.3, 0.4) is 0 Å². The molecule has 2 aromatic heterocycles. The Morgan fingerprint density at radius 3 is 2.72 bits per heavy atom. The third-order valence-electron chi connectivity index (χ3n) is 4.36. The number of nitrogens with one attached hydrogen (secondary N) is 2. The van der Waals surface area contributed by atoms with Gasteiger partial charge >= 0.3 is 0 Å². The molecule has 32 heavy (non-hydrogen) atoms. The van der Waals surface area contributed by atoms with E-state index < -0.39 is 0 Å². The molecule has 0 aliphatic heterocycles. The Labute approximate surface area is 194 Å². The molecule has 0 saturated carbocycles. The van der Waals surface area contributed by atoms with E-state index in [0.717, 1.165) is 11.3 Å². The fourth-order valence-corrected chi connectivity index (χ4v) is 4.18. The third-order valence-corrected chi connectivity index (χ3v) is 6.01. The first-order valence-electron chi connectivity index (χ1n) is 9.78. The Morgan fingerprint density at radius 1 is 1.28 bits per heavy atom. The quantitative estimate of drug-likeness (QED) is 0.326. The van der Waals surface area contributed by atoms with Gasteiger partial charge in [-0.15, -0.1) is 28.1 Å². The molecule has 3 aromatic rings. The minimum absolute atomic E-state index is 0.132. The van der Waals surface area contributed by atoms with Gasteiger partial charge in [0.15, 0.2) is 16.1 Å². The minimum atomic E-state index is -0.369. The number of thiazole rings is 1. The Morgan fingerprint density at radius 2 is 2.06 bits per heavy atom. The number of anilines is 1. The van der Waals surface area contributed by atoms with Crippen LogP contribution >= 0.6 is 23.1 Å². The average Bonchev–Trinajstić information content (AvgIpc) is 3.43. The largest absolute Gasteiger partial charge is 0.497 e. The summed E-state index contributed by atoms with van der Waals surface area (Å²) in [5.74, 6) is 1.18. The number of amides is 2. The van der Waals surface area contributed by atoms with Gasteiger partial charge in [0.1, 0.15) is 5.75 Å². The summed E-state index contributed by atoms with van der Waals surface area (Å²) in [6, 6.07) is 6.98. The second-order valence-corrected chi connectivity index (χ2v) is 8.57. The summed E-state index contributed by atoms with van der Waals surface area (Å²) in [5, 5.41) is 17.1. The van der Waals surface area contributed by atoms with Crippen LogP contribution in [0.25, 0.3) is 0 Å². The summed E-state index contributed by atoms with van der Waals surface area (Å²) >= 11 is 2.62. The Kier molecular flexibility index (Phi) is 8.40. The van der Waals surface area contributed by atoms with E-state index in [0.29, 0.717) is 22.7 Å². The van der Waals surface area contributed by atoms with Crippen molar-refractivity contribution in [3.05, 3.63) is 59.9 Å². The van der Waals surface area contributed by atoms with E-state index in [1.54, 1.807) is 24.8 Å². The van der Waals surface area contributed by atoms with E-state index in [4.69, 9.17) is 4.74 Å². The van der Waals surface area contributed by atoms with Crippen LogP contribution in [0.4, 0.5) is 5.13 Å². The van der Waals surface area contributed by atoms with Crippen molar-refractivity contribution in [3.63, 3.8) is 0 Å². The van der Waals surface area contributed by atoms with Crippen molar-refractivity contribution in [1.29, 1.82) is 0 Å². The highest BCUT2D eigenvalue weighted by molar-refractivity contribution is 7.99. The van der Waals surface area contributed by atoms with Crippen molar-refractivity contribution in [2.24, 2.45) is 0 Å². The number of thioether (sulfide) groups is 1. The lowest BCUT2D eigenvalue weighted by Gasteiger charge is -2.15. The van der Waals surface area contributed by atoms with Gasteiger partial charge < -0.3 is 19.9 Å². The summed E-state index contributed by atoms with van der Waals surface area (Å²) < 4.78 is 6.98. The molecule has 2 amide bonds. The number of carbonyl (C=O) groups is 2. The van der Waals surface area contributed by atoms with Crippen LogP contribution in [-0.2, 0) is 22.6 Å². The molecule has 0 spiro atoms. The van der Waals surface area contributed by atoms with Crippen LogP contribution in [0.2, 0.25) is 0 Å². The molecule has 0 saturated heterocycles. The first kappa shape index (κ1) is 23.5. The van der Waals surface area contributed by atoms with Crippen molar-refractivity contribution >= 4 is 40.0 Å². The molecule has 0 fully saturated rings. The van der Waals surface area contributed by atoms with Gasteiger partial charge in [-0.2, -0.15) is 0 Å². The molecule has 3 rings (SSSR count). The fourth-order valence-electron chi connectivity index (χ4n) is 2.88. The second-order valence-electron chi connectivity index (χ2n) is 6.73. The van der Waals surface area contributed by atoms with Crippen LogP contribution < -0.4 is 15.4 Å². The number of nitrogens with zero attached hydrogens (tertiary/aromatic N) is 4. The van der Waals surface area contributed by atoms with E-state index in [9.17, 15) is 9.59 Å². The highest BCUT2D eigenvalue weighted by Crippen LogP contribution is 2.22. The zero-order valence-electron chi connectivity index (χ0n) is 17.8. The summed E-state index contributed by atoms with van der Waals surface area (Å²) in [5.41, 5.74) is 0.880. The van der Waals surface area contributed by atoms with E-state index in [1.165, 1.54) is 23.1 Å². The van der Waals surface area contributed by atoms with Crippen molar-refractivity contribution in [1.82, 2.24) is 25.1 Å². The summed E-state index contributed by atoms with van der Waals surface area (Å²) in [4.78, 5) is 28.7. The van der Waals surface area contributed by atoms with Crippen LogP contribution in [0, 0.1) is 0 Å². The van der Waals surface area contributed by atoms with Gasteiger partial charge in [0.25, 0.3) is 0 Å². The standard InChI is InChI=1S/C21H24N6O3S2/c1-4-10-27-19(14(2)23-17(28)12-15-5-7-16(30-3)8-6-15)25-26-21(27)32-13-18(29)24-20-22-9-11-31-20/h4-9,11,14H,1,10,12-13H2,2-3H3,(H,23,28)(H,22,24,29)/t14-/m0/s1. The zero-order valence-corrected chi connectivity index (χ0v) is 19.4. The normalized spacial score (nSPS) is 11.6. The number of methoxy groups -OCH3 is 1. The Balaban J connectivity index is 1.60. The van der Waals surface area contributed by atoms with Crippen molar-refractivity contribution in [3.8, 4) is 5.75 Å². The lowest BCUT2D eigenvalue weighted by Crippen LogP contribution is -2.30. The van der Waals surface area contributed by atoms with Gasteiger partial charge in [-0.3, -0.25) is 9.59 Å². The third kappa shape index (κ3) is 6.41. The molecule has 2 N–H and O–H groups in total. The SMILES string of the molecule is C=CCn1c(SCC(=O)Nc2nccs2)nnc1[C@H](C)NC(=O)Cc1ccc(OC)cc1. The molecule has 0 bridgehead atoms. The number of benzene rings is 1. The van der Waals surface area contributed by atoms with Gasteiger partial charge in [0.2, 0.25) is 11.8 Å². The van der Waals surface area contributed by atoms with Crippen LogP contribution in [-0.4, -0.2) is 44.4 Å². The molecule has 2 heterocycles. The number of hydrogen-bond donors (Lipinski definition) is 2. The molecule has 168 valence electrons. The number of aromatic nitrogens is 4. The minimum Gasteiger partial charge on any atom is -0.497 e. The maximum atomic E-state index is 12.5. The summed E-state index contributed by atoms with van der Waals surface area (Å²) in [6.07, 6.45) is 3.59. The number of rotatable bonds is 11. The lowest BCUT2D eigenvalue weighted by molar-refractivity contribution is -0.121. The van der Waals surface area contributed by atoms with Gasteiger partial charge in [-0.1, -0.05) is 30.0 Å². The molecule has 9 nitrogen and oxygen atoms in total. The molecular weight excluding hydrogens is 448 g/mol. The van der Waals surface area contributed by atoms with E-state index in [1.807, 2.05) is 35.8 Å². The highest BCUT2D eigenvalue weighted by atomic mass is 32.2. The van der Waals surface area contributed by atoms with E-state index in [-0.39, 0.29) is 30.0 Å². The molecule has 1 aromatic carbocycles. The molecular formula is C21H24N6O3S2. The first-order valence-corrected chi connectivity index (χ1v) is 11.6. The molecule has 0 radical (unpaired) electrons. The monoisotopic (exact) mass is 472 g/mol. The first-order chi connectivity index (χ1) is 15.5. The van der Waals surface area contributed by atoms with Crippen LogP contribution in [0.5, 0.6) is 5.75 Å². The average molecular weight is 473 g/mol. The van der Waals surface area contributed by atoms with Crippen molar-refractivity contribution in [2.75, 3.05) is 18.2 Å². The van der Waals surface area contributed by atoms with Crippen molar-refractivity contribution in [2.45, 2.75) is 31.1 Å². The van der Waals surface area contributed by atoms with Gasteiger partial charge in [-0.25, -0.2) is 4.98 Å². The summed E-state index contributed by atoms with van der Waals surface area (Å²) in [7, 11) is 1.60. The molecule has 0 aliphatic carbocycles. The van der Waals surface area contributed by atoms with Crippen molar-refractivity contribution < 1.29 is 14.3 Å². The Bertz CT molecular complexity index is 1050. The smallest absolute Gasteiger partial charge is 0.236 e. The maximum Gasteiger partial charge on any atom is 0.236 e. The molecule has 1 atom stereocenters. The lowest BCUT2D eigenvalue weighted by atomic mass is 10.1. The van der Waals surface area contributed by atoms with Crippen LogP contribution in [0.1, 0.15) is 24.4 Å². The number of carbonyl (C=O) groups excluding carboxylic acids is 2. The molecule has 0 aliphatic rings.